The largest absolute Gasteiger partial charge is 0.482 e. The van der Waals surface area contributed by atoms with Gasteiger partial charge in [0, 0.05) is 30.2 Å². The minimum absolute atomic E-state index is 0.0256. The lowest BCUT2D eigenvalue weighted by atomic mass is 10.2. The molecule has 1 aromatic rings. The van der Waals surface area contributed by atoms with Crippen LogP contribution < -0.4 is 10.1 Å². The van der Waals surface area contributed by atoms with E-state index in [2.05, 4.69) is 5.32 Å². The van der Waals surface area contributed by atoms with E-state index in [4.69, 9.17) is 27.9 Å². The van der Waals surface area contributed by atoms with E-state index in [0.717, 1.165) is 12.1 Å². The van der Waals surface area contributed by atoms with E-state index in [1.165, 1.54) is 0 Å². The molecule has 0 aromatic heterocycles. The molecule has 0 atom stereocenters. The van der Waals surface area contributed by atoms with Crippen molar-refractivity contribution in [3.63, 3.8) is 0 Å². The number of carbonyl (C=O) groups is 1. The summed E-state index contributed by atoms with van der Waals surface area (Å²) in [6.45, 7) is 8.60. The van der Waals surface area contributed by atoms with Crippen LogP contribution in [-0.2, 0) is 11.3 Å². The van der Waals surface area contributed by atoms with Crippen molar-refractivity contribution in [1.82, 2.24) is 10.2 Å². The van der Waals surface area contributed by atoms with Crippen molar-refractivity contribution in [2.75, 3.05) is 26.2 Å². The highest BCUT2D eigenvalue weighted by Crippen LogP contribution is 2.32. The van der Waals surface area contributed by atoms with Crippen molar-refractivity contribution in [2.24, 2.45) is 0 Å². The van der Waals surface area contributed by atoms with Crippen LogP contribution >= 0.6 is 23.2 Å². The van der Waals surface area contributed by atoms with Crippen LogP contribution in [0.2, 0.25) is 10.0 Å². The lowest BCUT2D eigenvalue weighted by Crippen LogP contribution is -2.34. The van der Waals surface area contributed by atoms with Gasteiger partial charge < -0.3 is 15.0 Å². The zero-order valence-electron chi connectivity index (χ0n) is 12.7. The molecule has 0 saturated carbocycles. The van der Waals surface area contributed by atoms with E-state index in [1.807, 2.05) is 20.8 Å². The maximum atomic E-state index is 12.0. The molecule has 0 bridgehead atoms. The van der Waals surface area contributed by atoms with Crippen molar-refractivity contribution < 1.29 is 9.53 Å². The molecular formula is C15H22Cl2N2O2. The molecule has 1 aromatic carbocycles. The molecule has 0 radical (unpaired) electrons. The molecule has 0 aliphatic rings. The summed E-state index contributed by atoms with van der Waals surface area (Å²) in [5, 5.41) is 4.17. The molecule has 0 fully saturated rings. The molecule has 1 N–H and O–H groups in total. The Morgan fingerprint density at radius 2 is 1.90 bits per heavy atom. The molecule has 1 rings (SSSR count). The van der Waals surface area contributed by atoms with Crippen LogP contribution in [0.15, 0.2) is 12.1 Å². The summed E-state index contributed by atoms with van der Waals surface area (Å²) in [6.07, 6.45) is 0. The second-order valence-corrected chi connectivity index (χ2v) is 5.35. The van der Waals surface area contributed by atoms with Gasteiger partial charge in [-0.05, 0) is 32.5 Å². The number of hydrogen-bond acceptors (Lipinski definition) is 3. The van der Waals surface area contributed by atoms with Crippen LogP contribution in [0.1, 0.15) is 26.3 Å². The molecular weight excluding hydrogens is 311 g/mol. The Bertz CT molecular complexity index is 477. The fourth-order valence-corrected chi connectivity index (χ4v) is 2.56. The van der Waals surface area contributed by atoms with Gasteiger partial charge in [-0.2, -0.15) is 0 Å². The zero-order valence-corrected chi connectivity index (χ0v) is 14.2. The predicted octanol–water partition coefficient (Wildman–Crippen LogP) is 3.35. The van der Waals surface area contributed by atoms with Gasteiger partial charge in [0.15, 0.2) is 6.61 Å². The van der Waals surface area contributed by atoms with Crippen molar-refractivity contribution in [3.8, 4) is 5.75 Å². The molecule has 0 saturated heterocycles. The number of nitrogens with zero attached hydrogens (tertiary/aromatic N) is 1. The first kappa shape index (κ1) is 18.1. The molecule has 1 amide bonds. The van der Waals surface area contributed by atoms with Gasteiger partial charge in [-0.25, -0.2) is 0 Å². The predicted molar refractivity (Wildman–Crippen MR) is 87.3 cm³/mol. The first-order valence-corrected chi connectivity index (χ1v) is 7.88. The van der Waals surface area contributed by atoms with Crippen LogP contribution in [-0.4, -0.2) is 37.0 Å². The Labute approximate surface area is 136 Å². The monoisotopic (exact) mass is 332 g/mol. The lowest BCUT2D eigenvalue weighted by molar-refractivity contribution is -0.132. The third-order valence-electron chi connectivity index (χ3n) is 3.11. The highest BCUT2D eigenvalue weighted by atomic mass is 35.5. The van der Waals surface area contributed by atoms with Gasteiger partial charge in [0.25, 0.3) is 5.91 Å². The lowest BCUT2D eigenvalue weighted by Gasteiger charge is -2.20. The van der Waals surface area contributed by atoms with Crippen molar-refractivity contribution in [2.45, 2.75) is 27.3 Å². The maximum absolute atomic E-state index is 12.0. The molecule has 6 heteroatoms. The fraction of sp³-hybridized carbons (Fsp3) is 0.533. The summed E-state index contributed by atoms with van der Waals surface area (Å²) >= 11 is 12.2. The summed E-state index contributed by atoms with van der Waals surface area (Å²) in [5.41, 5.74) is 0.849. The van der Waals surface area contributed by atoms with E-state index in [0.29, 0.717) is 35.4 Å². The number of benzene rings is 1. The number of hydrogen-bond donors (Lipinski definition) is 1. The van der Waals surface area contributed by atoms with Crippen molar-refractivity contribution >= 4 is 29.1 Å². The Balaban J connectivity index is 2.84. The van der Waals surface area contributed by atoms with Crippen molar-refractivity contribution in [1.29, 1.82) is 0 Å². The molecule has 0 heterocycles. The van der Waals surface area contributed by atoms with Gasteiger partial charge >= 0.3 is 0 Å². The van der Waals surface area contributed by atoms with Gasteiger partial charge in [-0.1, -0.05) is 30.1 Å². The minimum atomic E-state index is -0.0552. The number of likely N-dealkylation sites (N-methyl/N-ethyl adjacent to an activating group) is 1. The Morgan fingerprint density at radius 1 is 1.24 bits per heavy atom. The Kier molecular flexibility index (Phi) is 7.86. The molecule has 118 valence electrons. The zero-order chi connectivity index (χ0) is 15.8. The molecule has 0 spiro atoms. The smallest absolute Gasteiger partial charge is 0.260 e. The van der Waals surface area contributed by atoms with Crippen LogP contribution in [0.25, 0.3) is 0 Å². The average Bonchev–Trinajstić information content (AvgIpc) is 2.45. The van der Waals surface area contributed by atoms with E-state index < -0.39 is 0 Å². The SMILES string of the molecule is CCNCc1cc(Cl)cc(Cl)c1OCC(=O)N(CC)CC. The second-order valence-electron chi connectivity index (χ2n) is 4.51. The molecule has 0 unspecified atom stereocenters. The maximum Gasteiger partial charge on any atom is 0.260 e. The summed E-state index contributed by atoms with van der Waals surface area (Å²) in [4.78, 5) is 13.7. The number of amides is 1. The first-order valence-electron chi connectivity index (χ1n) is 7.12. The third-order valence-corrected chi connectivity index (χ3v) is 3.61. The topological polar surface area (TPSA) is 41.6 Å². The van der Waals surface area contributed by atoms with E-state index in [-0.39, 0.29) is 12.5 Å². The van der Waals surface area contributed by atoms with Crippen LogP contribution in [0.5, 0.6) is 5.75 Å². The minimum Gasteiger partial charge on any atom is -0.482 e. The number of ether oxygens (including phenoxy) is 1. The van der Waals surface area contributed by atoms with E-state index >= 15 is 0 Å². The summed E-state index contributed by atoms with van der Waals surface area (Å²) in [7, 11) is 0. The second kappa shape index (κ2) is 9.13. The highest BCUT2D eigenvalue weighted by Gasteiger charge is 2.15. The van der Waals surface area contributed by atoms with Gasteiger partial charge in [0.1, 0.15) is 5.75 Å². The highest BCUT2D eigenvalue weighted by molar-refractivity contribution is 6.35. The van der Waals surface area contributed by atoms with E-state index in [9.17, 15) is 4.79 Å². The first-order chi connectivity index (χ1) is 10.0. The number of halogens is 2. The van der Waals surface area contributed by atoms with Crippen LogP contribution in [0.4, 0.5) is 0 Å². The van der Waals surface area contributed by atoms with Crippen LogP contribution in [0.3, 0.4) is 0 Å². The summed E-state index contributed by atoms with van der Waals surface area (Å²) in [6, 6.07) is 3.42. The summed E-state index contributed by atoms with van der Waals surface area (Å²) in [5.74, 6) is 0.461. The molecule has 0 aliphatic carbocycles. The third kappa shape index (κ3) is 5.38. The van der Waals surface area contributed by atoms with Gasteiger partial charge in [-0.15, -0.1) is 0 Å². The van der Waals surface area contributed by atoms with Gasteiger partial charge in [0.2, 0.25) is 0 Å². The molecule has 0 aliphatic heterocycles. The standard InChI is InChI=1S/C15H22Cl2N2O2/c1-4-18-9-11-7-12(16)8-13(17)15(11)21-10-14(20)19(5-2)6-3/h7-8,18H,4-6,9-10H2,1-3H3. The molecule has 21 heavy (non-hydrogen) atoms. The average molecular weight is 333 g/mol. The van der Waals surface area contributed by atoms with E-state index in [1.54, 1.807) is 17.0 Å². The van der Waals surface area contributed by atoms with Gasteiger partial charge in [-0.3, -0.25) is 4.79 Å². The van der Waals surface area contributed by atoms with Crippen LogP contribution in [0, 0.1) is 0 Å². The normalized spacial score (nSPS) is 10.5. The Hall–Kier alpha value is -0.970. The number of nitrogens with one attached hydrogen (secondary N) is 1. The number of rotatable bonds is 8. The summed E-state index contributed by atoms with van der Waals surface area (Å²) < 4.78 is 5.64. The quantitative estimate of drug-likeness (QED) is 0.793. The molecule has 4 nitrogen and oxygen atoms in total. The van der Waals surface area contributed by atoms with Gasteiger partial charge in [0.05, 0.1) is 5.02 Å². The van der Waals surface area contributed by atoms with Crippen molar-refractivity contribution in [3.05, 3.63) is 27.7 Å². The fourth-order valence-electron chi connectivity index (χ4n) is 1.97. The number of carbonyl (C=O) groups excluding carboxylic acids is 1. The Morgan fingerprint density at radius 3 is 2.48 bits per heavy atom.